The van der Waals surface area contributed by atoms with Crippen molar-refractivity contribution < 1.29 is 0 Å². The second-order valence-corrected chi connectivity index (χ2v) is 4.09. The molecule has 2 rings (SSSR count). The van der Waals surface area contributed by atoms with Crippen molar-refractivity contribution in [3.8, 4) is 0 Å². The standard InChI is InChI=1S/C12H16.C2H6/c1-9(2)11-8-7-10-5-3-4-6-12(10)11;1-2/h3-6,9,11H,7-8H2,1-2H3;1-2H3/t11-;/m1./s1. The summed E-state index contributed by atoms with van der Waals surface area (Å²) in [5, 5.41) is 0. The average molecular weight is 190 g/mol. The highest BCUT2D eigenvalue weighted by Crippen LogP contribution is 2.37. The van der Waals surface area contributed by atoms with E-state index in [2.05, 4.69) is 38.1 Å². The minimum Gasteiger partial charge on any atom is -0.0683 e. The Kier molecular flexibility index (Phi) is 4.19. The molecule has 0 aromatic heterocycles. The summed E-state index contributed by atoms with van der Waals surface area (Å²) in [5.74, 6) is 1.62. The monoisotopic (exact) mass is 190 g/mol. The van der Waals surface area contributed by atoms with Crippen molar-refractivity contribution in [1.29, 1.82) is 0 Å². The molecule has 1 atom stereocenters. The molecule has 1 aliphatic carbocycles. The molecule has 1 aromatic carbocycles. The lowest BCUT2D eigenvalue weighted by Crippen LogP contribution is -2.01. The van der Waals surface area contributed by atoms with Gasteiger partial charge in [0.25, 0.3) is 0 Å². The molecule has 0 N–H and O–H groups in total. The third kappa shape index (κ3) is 2.17. The Morgan fingerprint density at radius 3 is 2.43 bits per heavy atom. The zero-order chi connectivity index (χ0) is 10.6. The summed E-state index contributed by atoms with van der Waals surface area (Å²) < 4.78 is 0. The quantitative estimate of drug-likeness (QED) is 0.615. The van der Waals surface area contributed by atoms with Crippen molar-refractivity contribution >= 4 is 0 Å². The summed E-state index contributed by atoms with van der Waals surface area (Å²) in [5.41, 5.74) is 3.18. The number of hydrogen-bond donors (Lipinski definition) is 0. The Morgan fingerprint density at radius 1 is 1.14 bits per heavy atom. The van der Waals surface area contributed by atoms with E-state index in [1.807, 2.05) is 13.8 Å². The van der Waals surface area contributed by atoms with E-state index in [1.54, 1.807) is 11.1 Å². The van der Waals surface area contributed by atoms with Gasteiger partial charge in [-0.3, -0.25) is 0 Å². The van der Waals surface area contributed by atoms with Crippen molar-refractivity contribution in [2.75, 3.05) is 0 Å². The second-order valence-electron chi connectivity index (χ2n) is 4.09. The van der Waals surface area contributed by atoms with Gasteiger partial charge in [0.05, 0.1) is 0 Å². The zero-order valence-corrected chi connectivity index (χ0v) is 9.88. The fourth-order valence-electron chi connectivity index (χ4n) is 2.28. The Balaban J connectivity index is 0.000000461. The van der Waals surface area contributed by atoms with Gasteiger partial charge in [-0.1, -0.05) is 52.0 Å². The van der Waals surface area contributed by atoms with Crippen molar-refractivity contribution in [1.82, 2.24) is 0 Å². The summed E-state index contributed by atoms with van der Waals surface area (Å²) in [6, 6.07) is 8.89. The van der Waals surface area contributed by atoms with Crippen LogP contribution in [0.15, 0.2) is 24.3 Å². The topological polar surface area (TPSA) is 0 Å². The molecule has 0 saturated heterocycles. The normalized spacial score (nSPS) is 18.8. The lowest BCUT2D eigenvalue weighted by molar-refractivity contribution is 0.496. The fourth-order valence-corrected chi connectivity index (χ4v) is 2.28. The lowest BCUT2D eigenvalue weighted by Gasteiger charge is -2.14. The highest BCUT2D eigenvalue weighted by atomic mass is 14.3. The number of hydrogen-bond acceptors (Lipinski definition) is 0. The van der Waals surface area contributed by atoms with Gasteiger partial charge >= 0.3 is 0 Å². The first-order valence-electron chi connectivity index (χ1n) is 5.87. The summed E-state index contributed by atoms with van der Waals surface area (Å²) in [7, 11) is 0. The highest BCUT2D eigenvalue weighted by Gasteiger charge is 2.23. The molecule has 14 heavy (non-hydrogen) atoms. The average Bonchev–Trinajstić information content (AvgIpc) is 2.64. The van der Waals surface area contributed by atoms with Gasteiger partial charge in [0.1, 0.15) is 0 Å². The summed E-state index contributed by atoms with van der Waals surface area (Å²) in [4.78, 5) is 0. The fraction of sp³-hybridized carbons (Fsp3) is 0.571. The molecule has 0 amide bonds. The number of rotatable bonds is 1. The maximum atomic E-state index is 2.33. The first-order chi connectivity index (χ1) is 6.79. The van der Waals surface area contributed by atoms with E-state index in [-0.39, 0.29) is 0 Å². The minimum absolute atomic E-state index is 0.800. The molecule has 0 radical (unpaired) electrons. The molecule has 0 heterocycles. The highest BCUT2D eigenvalue weighted by molar-refractivity contribution is 5.34. The van der Waals surface area contributed by atoms with Gasteiger partial charge in [-0.05, 0) is 35.8 Å². The Hall–Kier alpha value is -0.780. The van der Waals surface area contributed by atoms with Gasteiger partial charge in [0.15, 0.2) is 0 Å². The summed E-state index contributed by atoms with van der Waals surface area (Å²) in [6.07, 6.45) is 2.65. The van der Waals surface area contributed by atoms with E-state index in [0.717, 1.165) is 11.8 Å². The summed E-state index contributed by atoms with van der Waals surface area (Å²) >= 11 is 0. The Labute approximate surface area is 88.4 Å². The number of aryl methyl sites for hydroxylation is 1. The molecular formula is C14H22. The predicted molar refractivity (Wildman–Crippen MR) is 63.7 cm³/mol. The molecule has 78 valence electrons. The van der Waals surface area contributed by atoms with E-state index >= 15 is 0 Å². The molecule has 0 spiro atoms. The molecule has 1 aromatic rings. The van der Waals surface area contributed by atoms with Gasteiger partial charge in [-0.2, -0.15) is 0 Å². The largest absolute Gasteiger partial charge is 0.0683 e. The van der Waals surface area contributed by atoms with Crippen LogP contribution in [0.1, 0.15) is 51.2 Å². The van der Waals surface area contributed by atoms with Crippen molar-refractivity contribution in [2.45, 2.75) is 46.5 Å². The van der Waals surface area contributed by atoms with Crippen LogP contribution in [-0.2, 0) is 6.42 Å². The molecular weight excluding hydrogens is 168 g/mol. The van der Waals surface area contributed by atoms with Crippen LogP contribution in [0.25, 0.3) is 0 Å². The third-order valence-corrected chi connectivity index (χ3v) is 2.98. The Morgan fingerprint density at radius 2 is 1.79 bits per heavy atom. The minimum atomic E-state index is 0.800. The maximum Gasteiger partial charge on any atom is -0.0133 e. The van der Waals surface area contributed by atoms with E-state index in [0.29, 0.717) is 0 Å². The zero-order valence-electron chi connectivity index (χ0n) is 9.88. The van der Waals surface area contributed by atoms with E-state index in [1.165, 1.54) is 12.8 Å². The van der Waals surface area contributed by atoms with Crippen molar-refractivity contribution in [3.05, 3.63) is 35.4 Å². The van der Waals surface area contributed by atoms with E-state index in [9.17, 15) is 0 Å². The van der Waals surface area contributed by atoms with Gasteiger partial charge in [-0.15, -0.1) is 0 Å². The van der Waals surface area contributed by atoms with Crippen LogP contribution < -0.4 is 0 Å². The number of benzene rings is 1. The molecule has 0 nitrogen and oxygen atoms in total. The Bertz CT molecular complexity index is 273. The molecule has 0 heteroatoms. The lowest BCUT2D eigenvalue weighted by atomic mass is 9.90. The van der Waals surface area contributed by atoms with Crippen molar-refractivity contribution in [3.63, 3.8) is 0 Å². The van der Waals surface area contributed by atoms with Gasteiger partial charge < -0.3 is 0 Å². The van der Waals surface area contributed by atoms with Crippen LogP contribution in [0.5, 0.6) is 0 Å². The second kappa shape index (κ2) is 5.19. The third-order valence-electron chi connectivity index (χ3n) is 2.98. The number of fused-ring (bicyclic) bond motifs is 1. The molecule has 1 aliphatic rings. The molecule has 0 unspecified atom stereocenters. The van der Waals surface area contributed by atoms with E-state index < -0.39 is 0 Å². The smallest absolute Gasteiger partial charge is 0.0133 e. The van der Waals surface area contributed by atoms with Crippen LogP contribution >= 0.6 is 0 Å². The van der Waals surface area contributed by atoms with Gasteiger partial charge in [0.2, 0.25) is 0 Å². The van der Waals surface area contributed by atoms with E-state index in [4.69, 9.17) is 0 Å². The maximum absolute atomic E-state index is 2.33. The van der Waals surface area contributed by atoms with Gasteiger partial charge in [-0.25, -0.2) is 0 Å². The molecule has 0 fully saturated rings. The first kappa shape index (κ1) is 11.3. The molecule has 0 aliphatic heterocycles. The van der Waals surface area contributed by atoms with Crippen LogP contribution in [-0.4, -0.2) is 0 Å². The molecule has 0 saturated carbocycles. The first-order valence-corrected chi connectivity index (χ1v) is 5.87. The molecule has 0 bridgehead atoms. The predicted octanol–water partition coefficient (Wildman–Crippen LogP) is 4.40. The van der Waals surface area contributed by atoms with Crippen LogP contribution in [0, 0.1) is 5.92 Å². The van der Waals surface area contributed by atoms with Crippen LogP contribution in [0.2, 0.25) is 0 Å². The van der Waals surface area contributed by atoms with Gasteiger partial charge in [0, 0.05) is 0 Å². The van der Waals surface area contributed by atoms with Crippen LogP contribution in [0.4, 0.5) is 0 Å². The summed E-state index contributed by atoms with van der Waals surface area (Å²) in [6.45, 7) is 8.65. The van der Waals surface area contributed by atoms with Crippen molar-refractivity contribution in [2.24, 2.45) is 5.92 Å². The SMILES string of the molecule is CC.CC(C)[C@H]1CCc2ccccc21. The van der Waals surface area contributed by atoms with Crippen LogP contribution in [0.3, 0.4) is 0 Å².